The lowest BCUT2D eigenvalue weighted by atomic mass is 10.1. The third-order valence-electron chi connectivity index (χ3n) is 4.38. The molecule has 3 heterocycles. The fraction of sp³-hybridized carbons (Fsp3) is 0.353. The SMILES string of the molecule is O=c1ccnc2sc(NC[C@H](c3ccccc3)N3CCCC3)nn12. The molecule has 24 heavy (non-hydrogen) atoms. The van der Waals surface area contributed by atoms with Gasteiger partial charge in [-0.15, -0.1) is 5.10 Å². The van der Waals surface area contributed by atoms with Crippen LogP contribution in [0, 0.1) is 0 Å². The number of hydrogen-bond donors (Lipinski definition) is 1. The van der Waals surface area contributed by atoms with Crippen molar-refractivity contribution in [2.24, 2.45) is 0 Å². The fourth-order valence-corrected chi connectivity index (χ4v) is 3.97. The van der Waals surface area contributed by atoms with Crippen molar-refractivity contribution in [2.45, 2.75) is 18.9 Å². The molecule has 0 spiro atoms. The predicted octanol–water partition coefficient (Wildman–Crippen LogP) is 2.40. The molecule has 1 aliphatic heterocycles. The third-order valence-corrected chi connectivity index (χ3v) is 5.26. The van der Waals surface area contributed by atoms with Gasteiger partial charge in [0.15, 0.2) is 0 Å². The van der Waals surface area contributed by atoms with Crippen molar-refractivity contribution in [1.82, 2.24) is 19.5 Å². The van der Waals surface area contributed by atoms with Gasteiger partial charge in [-0.25, -0.2) is 4.98 Å². The molecule has 1 fully saturated rings. The first-order chi connectivity index (χ1) is 11.8. The summed E-state index contributed by atoms with van der Waals surface area (Å²) in [6.45, 7) is 3.02. The van der Waals surface area contributed by atoms with Gasteiger partial charge in [0.05, 0.1) is 6.04 Å². The van der Waals surface area contributed by atoms with Crippen molar-refractivity contribution >= 4 is 21.4 Å². The van der Waals surface area contributed by atoms with Gasteiger partial charge >= 0.3 is 0 Å². The summed E-state index contributed by atoms with van der Waals surface area (Å²) in [6.07, 6.45) is 4.03. The molecular formula is C17H19N5OS. The Bertz CT molecular complexity index is 869. The highest BCUT2D eigenvalue weighted by Crippen LogP contribution is 2.26. The third kappa shape index (κ3) is 3.05. The van der Waals surface area contributed by atoms with E-state index in [0.29, 0.717) is 11.0 Å². The second-order valence-corrected chi connectivity index (χ2v) is 6.89. The Kier molecular flexibility index (Phi) is 4.27. The molecule has 1 saturated heterocycles. The molecule has 2 aromatic heterocycles. The molecule has 1 aliphatic rings. The topological polar surface area (TPSA) is 62.5 Å². The summed E-state index contributed by atoms with van der Waals surface area (Å²) in [6, 6.07) is 12.3. The van der Waals surface area contributed by atoms with Crippen LogP contribution in [0.5, 0.6) is 0 Å². The van der Waals surface area contributed by atoms with E-state index >= 15 is 0 Å². The van der Waals surface area contributed by atoms with Crippen LogP contribution in [0.15, 0.2) is 47.4 Å². The van der Waals surface area contributed by atoms with E-state index in [2.05, 4.69) is 44.6 Å². The summed E-state index contributed by atoms with van der Waals surface area (Å²) in [5, 5.41) is 8.47. The molecule has 3 aromatic rings. The standard InChI is InChI=1S/C17H19N5OS/c23-15-8-9-18-17-22(15)20-16(24-17)19-12-14(21-10-4-5-11-21)13-6-2-1-3-7-13/h1-3,6-9,14H,4-5,10-12H2,(H,19,20)/t14-/m1/s1. The van der Waals surface area contributed by atoms with E-state index in [0.717, 1.165) is 24.8 Å². The molecular weight excluding hydrogens is 322 g/mol. The lowest BCUT2D eigenvalue weighted by molar-refractivity contribution is 0.256. The van der Waals surface area contributed by atoms with Crippen molar-refractivity contribution in [1.29, 1.82) is 0 Å². The van der Waals surface area contributed by atoms with E-state index in [1.54, 1.807) is 0 Å². The highest BCUT2D eigenvalue weighted by molar-refractivity contribution is 7.20. The van der Waals surface area contributed by atoms with Gasteiger partial charge < -0.3 is 5.32 Å². The van der Waals surface area contributed by atoms with Crippen LogP contribution in [-0.2, 0) is 0 Å². The summed E-state index contributed by atoms with van der Waals surface area (Å²) in [4.78, 5) is 19.1. The fourth-order valence-electron chi connectivity index (χ4n) is 3.19. The number of nitrogens with one attached hydrogen (secondary N) is 1. The minimum atomic E-state index is -0.150. The van der Waals surface area contributed by atoms with Crippen molar-refractivity contribution in [3.05, 3.63) is 58.5 Å². The minimum Gasteiger partial charge on any atom is -0.358 e. The van der Waals surface area contributed by atoms with Gasteiger partial charge in [0, 0.05) is 18.8 Å². The Morgan fingerprint density at radius 3 is 2.71 bits per heavy atom. The zero-order chi connectivity index (χ0) is 16.4. The quantitative estimate of drug-likeness (QED) is 0.772. The first-order valence-electron chi connectivity index (χ1n) is 8.19. The highest BCUT2D eigenvalue weighted by Gasteiger charge is 2.23. The van der Waals surface area contributed by atoms with Crippen LogP contribution in [0.3, 0.4) is 0 Å². The van der Waals surface area contributed by atoms with Crippen LogP contribution in [0.2, 0.25) is 0 Å². The summed E-state index contributed by atoms with van der Waals surface area (Å²) in [5.41, 5.74) is 1.16. The van der Waals surface area contributed by atoms with Crippen molar-refractivity contribution in [2.75, 3.05) is 25.0 Å². The first kappa shape index (κ1) is 15.3. The average molecular weight is 341 g/mol. The Balaban J connectivity index is 1.56. The molecule has 7 heteroatoms. The second kappa shape index (κ2) is 6.70. The largest absolute Gasteiger partial charge is 0.358 e. The molecule has 0 radical (unpaired) electrons. The predicted molar refractivity (Wildman–Crippen MR) is 95.6 cm³/mol. The number of benzene rings is 1. The van der Waals surface area contributed by atoms with Crippen LogP contribution in [0.25, 0.3) is 4.96 Å². The maximum absolute atomic E-state index is 11.8. The molecule has 1 atom stereocenters. The van der Waals surface area contributed by atoms with Gasteiger partial charge in [0.1, 0.15) is 0 Å². The molecule has 0 bridgehead atoms. The maximum atomic E-state index is 11.8. The number of anilines is 1. The second-order valence-electron chi connectivity index (χ2n) is 5.94. The monoisotopic (exact) mass is 341 g/mol. The van der Waals surface area contributed by atoms with Gasteiger partial charge in [0.2, 0.25) is 10.1 Å². The molecule has 0 amide bonds. The number of fused-ring (bicyclic) bond motifs is 1. The van der Waals surface area contributed by atoms with E-state index in [9.17, 15) is 4.79 Å². The minimum absolute atomic E-state index is 0.150. The van der Waals surface area contributed by atoms with Crippen LogP contribution in [0.1, 0.15) is 24.4 Å². The summed E-state index contributed by atoms with van der Waals surface area (Å²) >= 11 is 1.40. The zero-order valence-corrected chi connectivity index (χ0v) is 14.1. The smallest absolute Gasteiger partial charge is 0.275 e. The summed E-state index contributed by atoms with van der Waals surface area (Å²) in [7, 11) is 0. The molecule has 1 N–H and O–H groups in total. The lowest BCUT2D eigenvalue weighted by Crippen LogP contribution is -2.31. The van der Waals surface area contributed by atoms with E-state index in [-0.39, 0.29) is 5.56 Å². The highest BCUT2D eigenvalue weighted by atomic mass is 32.1. The van der Waals surface area contributed by atoms with Crippen molar-refractivity contribution in [3.63, 3.8) is 0 Å². The van der Waals surface area contributed by atoms with Crippen molar-refractivity contribution in [3.8, 4) is 0 Å². The molecule has 0 aliphatic carbocycles. The number of nitrogens with zero attached hydrogens (tertiary/aromatic N) is 4. The first-order valence-corrected chi connectivity index (χ1v) is 9.01. The molecule has 0 saturated carbocycles. The average Bonchev–Trinajstić information content (AvgIpc) is 3.26. The van der Waals surface area contributed by atoms with E-state index in [4.69, 9.17) is 0 Å². The van der Waals surface area contributed by atoms with Gasteiger partial charge in [0.25, 0.3) is 5.56 Å². The Morgan fingerprint density at radius 1 is 1.17 bits per heavy atom. The molecule has 6 nitrogen and oxygen atoms in total. The maximum Gasteiger partial charge on any atom is 0.275 e. The Morgan fingerprint density at radius 2 is 1.96 bits per heavy atom. The number of aromatic nitrogens is 3. The lowest BCUT2D eigenvalue weighted by Gasteiger charge is -2.28. The van der Waals surface area contributed by atoms with Crippen LogP contribution in [-0.4, -0.2) is 39.1 Å². The number of rotatable bonds is 5. The summed E-state index contributed by atoms with van der Waals surface area (Å²) < 4.78 is 1.35. The number of hydrogen-bond acceptors (Lipinski definition) is 6. The van der Waals surface area contributed by atoms with Gasteiger partial charge in [-0.1, -0.05) is 41.7 Å². The number of likely N-dealkylation sites (tertiary alicyclic amines) is 1. The van der Waals surface area contributed by atoms with Crippen LogP contribution >= 0.6 is 11.3 Å². The Labute approximate surface area is 143 Å². The van der Waals surface area contributed by atoms with Gasteiger partial charge in [-0.3, -0.25) is 9.69 Å². The van der Waals surface area contributed by atoms with Crippen LogP contribution in [0.4, 0.5) is 5.13 Å². The zero-order valence-electron chi connectivity index (χ0n) is 13.3. The molecule has 1 aromatic carbocycles. The van der Waals surface area contributed by atoms with Crippen molar-refractivity contribution < 1.29 is 0 Å². The van der Waals surface area contributed by atoms with Gasteiger partial charge in [-0.2, -0.15) is 4.52 Å². The van der Waals surface area contributed by atoms with E-state index < -0.39 is 0 Å². The molecule has 124 valence electrons. The summed E-state index contributed by atoms with van der Waals surface area (Å²) in [5.74, 6) is 0. The van der Waals surface area contributed by atoms with E-state index in [1.807, 2.05) is 6.07 Å². The van der Waals surface area contributed by atoms with Crippen LogP contribution < -0.4 is 10.9 Å². The van der Waals surface area contributed by atoms with E-state index in [1.165, 1.54) is 46.5 Å². The van der Waals surface area contributed by atoms with Gasteiger partial charge in [-0.05, 0) is 31.5 Å². The molecule has 0 unspecified atom stereocenters. The Hall–Kier alpha value is -2.25. The normalized spacial score (nSPS) is 16.5. The molecule has 4 rings (SSSR count).